The van der Waals surface area contributed by atoms with Crippen LogP contribution >= 0.6 is 47.8 Å². The Kier molecular flexibility index (Phi) is 59.7. The first-order valence-electron chi connectivity index (χ1n) is 25.5. The monoisotopic (exact) mass is 1330 g/mol. The number of methoxy groups -OCH3 is 2. The van der Waals surface area contributed by atoms with Crippen LogP contribution in [-0.2, 0) is 75.8 Å². The summed E-state index contributed by atoms with van der Waals surface area (Å²) in [6.07, 6.45) is -4.57. The van der Waals surface area contributed by atoms with Crippen molar-refractivity contribution >= 4 is 47.8 Å². The first-order chi connectivity index (χ1) is 37.6. The third-order valence-corrected chi connectivity index (χ3v) is 11.5. The Morgan fingerprint density at radius 2 is 0.462 bits per heavy atom. The van der Waals surface area contributed by atoms with E-state index in [9.17, 15) is 46.0 Å². The molecule has 0 fully saturated rings. The van der Waals surface area contributed by atoms with Crippen LogP contribution in [0.5, 0.6) is 0 Å². The summed E-state index contributed by atoms with van der Waals surface area (Å²) in [5.74, 6) is 0. The van der Waals surface area contributed by atoms with Crippen LogP contribution in [0.25, 0.3) is 0 Å². The van der Waals surface area contributed by atoms with Crippen LogP contribution < -0.4 is 0 Å². The third kappa shape index (κ3) is 53.7. The minimum absolute atomic E-state index is 0.00186. The highest BCUT2D eigenvalue weighted by molar-refractivity contribution is 9.09. The number of alkyl halides is 3. The van der Waals surface area contributed by atoms with Crippen molar-refractivity contribution in [3.63, 3.8) is 0 Å². The van der Waals surface area contributed by atoms with Crippen molar-refractivity contribution in [1.29, 1.82) is 0 Å². The Hall–Kier alpha value is -0.340. The highest BCUT2D eigenvalue weighted by atomic mass is 79.9. The normalized spacial score (nSPS) is 16.8. The molecule has 0 spiro atoms. The lowest BCUT2D eigenvalue weighted by Crippen LogP contribution is -2.36. The summed E-state index contributed by atoms with van der Waals surface area (Å²) in [7, 11) is 3.05. The lowest BCUT2D eigenvalue weighted by molar-refractivity contribution is -0.131. The van der Waals surface area contributed by atoms with Gasteiger partial charge < -0.3 is 122 Å². The summed E-state index contributed by atoms with van der Waals surface area (Å²) in [6, 6.07) is 0. The average Bonchev–Trinajstić information content (AvgIpc) is 3.41. The van der Waals surface area contributed by atoms with Gasteiger partial charge in [-0.1, -0.05) is 66.0 Å². The molecule has 28 heteroatoms. The summed E-state index contributed by atoms with van der Waals surface area (Å²) in [4.78, 5) is 0. The van der Waals surface area contributed by atoms with Crippen LogP contribution in [-0.4, -0.2) is 327 Å². The molecule has 78 heavy (non-hydrogen) atoms. The first-order valence-corrected chi connectivity index (χ1v) is 28.8. The highest BCUT2D eigenvalue weighted by Crippen LogP contribution is 2.07. The number of aliphatic hydroxyl groups excluding tert-OH is 9. The molecule has 0 saturated carbocycles. The van der Waals surface area contributed by atoms with Gasteiger partial charge in [-0.25, -0.2) is 0 Å². The second kappa shape index (κ2) is 58.4. The van der Waals surface area contributed by atoms with E-state index < -0.39 is 79.4 Å². The molecule has 0 bridgehead atoms. The van der Waals surface area contributed by atoms with Gasteiger partial charge in [-0.05, 0) is 0 Å². The molecule has 0 aliphatic heterocycles. The SMILES string of the molecule is C=CCOCC(O)COCC(COC)OCC(COCC(O)COCC=C)OCC(O)COCC=C.COCC(COCC(O)COCC(O)CBr)OCC(COCC(O)COCC(O)CBr)OCC(O)COCC(O)CBr. The van der Waals surface area contributed by atoms with Gasteiger partial charge >= 0.3 is 0 Å². The Bertz CT molecular complexity index is 1300. The average molecular weight is 1340 g/mol. The fraction of sp³-hybridized carbons (Fsp3) is 0.880. The Balaban J connectivity index is 0. The molecule has 0 radical (unpaired) electrons. The Morgan fingerprint density at radius 1 is 0.269 bits per heavy atom. The van der Waals surface area contributed by atoms with E-state index in [1.165, 1.54) is 7.11 Å². The van der Waals surface area contributed by atoms with E-state index in [0.717, 1.165) is 0 Å². The molecule has 0 aromatic heterocycles. The zero-order chi connectivity index (χ0) is 58.4. The number of ether oxygens (including phenoxy) is 16. The van der Waals surface area contributed by atoms with Crippen molar-refractivity contribution in [2.75, 3.05) is 202 Å². The Labute approximate surface area is 486 Å². The maximum absolute atomic E-state index is 10.2. The highest BCUT2D eigenvalue weighted by Gasteiger charge is 2.21. The van der Waals surface area contributed by atoms with E-state index >= 15 is 0 Å². The quantitative estimate of drug-likeness (QED) is 0.0200. The molecule has 13 atom stereocenters. The van der Waals surface area contributed by atoms with Crippen LogP contribution in [0.2, 0.25) is 0 Å². The summed E-state index contributed by atoms with van der Waals surface area (Å²) in [6.45, 7) is 13.1. The van der Waals surface area contributed by atoms with Crippen LogP contribution in [0.4, 0.5) is 0 Å². The number of halogens is 3. The molecule has 0 saturated heterocycles. The molecule has 466 valence electrons. The van der Waals surface area contributed by atoms with E-state index in [-0.39, 0.29) is 152 Å². The topological polar surface area (TPSA) is 330 Å². The van der Waals surface area contributed by atoms with Gasteiger partial charge in [0, 0.05) is 30.2 Å². The van der Waals surface area contributed by atoms with Crippen LogP contribution in [0.3, 0.4) is 0 Å². The number of hydrogen-bond donors (Lipinski definition) is 9. The van der Waals surface area contributed by atoms with E-state index in [1.807, 2.05) is 0 Å². The molecular formula is C50H95Br3O25. The van der Waals surface area contributed by atoms with Gasteiger partial charge in [-0.15, -0.1) is 19.7 Å². The van der Waals surface area contributed by atoms with E-state index in [2.05, 4.69) is 67.5 Å². The molecular weight excluding hydrogens is 1240 g/mol. The van der Waals surface area contributed by atoms with Crippen molar-refractivity contribution in [3.8, 4) is 0 Å². The molecule has 25 nitrogen and oxygen atoms in total. The molecule has 0 amide bonds. The maximum Gasteiger partial charge on any atom is 0.104 e. The minimum Gasteiger partial charge on any atom is -0.390 e. The molecule has 0 rings (SSSR count). The molecule has 0 aromatic carbocycles. The van der Waals surface area contributed by atoms with Gasteiger partial charge in [-0.3, -0.25) is 0 Å². The van der Waals surface area contributed by atoms with E-state index in [4.69, 9.17) is 75.8 Å². The standard InChI is InChI=1S/C25H49Br3O14.C25H46O11/c1-35-14-24(15-39-10-21(32)8-36-5-18(29)2-26)42-17-25(41-13-23(34)12-38-7-20(31)4-28)16-40-11-22(33)9-37-6-19(30)3-27;1-5-8-30-11-21(26)14-33-18-24(17-29-4)36-20-25(35-16-23(28)13-32-10-7-3)19-34-15-22(27)12-31-9-6-2/h18-25,29-34H,2-17H2,1H3;5-7,21-28H,1-3,8-20H2,4H3. The van der Waals surface area contributed by atoms with E-state index in [1.54, 1.807) is 25.3 Å². The first kappa shape index (κ1) is 79.7. The second-order valence-corrected chi connectivity index (χ2v) is 19.3. The second-order valence-electron chi connectivity index (χ2n) is 17.3. The molecule has 0 aromatic rings. The maximum atomic E-state index is 10.2. The van der Waals surface area contributed by atoms with Crippen LogP contribution in [0, 0.1) is 0 Å². The minimum atomic E-state index is -0.965. The zero-order valence-electron chi connectivity index (χ0n) is 45.6. The number of aliphatic hydroxyl groups is 9. The fourth-order valence-electron chi connectivity index (χ4n) is 5.58. The lowest BCUT2D eigenvalue weighted by Gasteiger charge is -2.24. The summed E-state index contributed by atoms with van der Waals surface area (Å²) in [5, 5.41) is 89.8. The third-order valence-electron chi connectivity index (χ3n) is 9.28. The van der Waals surface area contributed by atoms with Crippen molar-refractivity contribution < 1.29 is 122 Å². The smallest absolute Gasteiger partial charge is 0.104 e. The molecule has 13 unspecified atom stereocenters. The number of rotatable bonds is 59. The van der Waals surface area contributed by atoms with Crippen molar-refractivity contribution in [2.45, 2.75) is 79.4 Å². The van der Waals surface area contributed by atoms with Crippen molar-refractivity contribution in [1.82, 2.24) is 0 Å². The fourth-order valence-corrected chi connectivity index (χ4v) is 6.14. The zero-order valence-corrected chi connectivity index (χ0v) is 50.3. The number of hydrogen-bond acceptors (Lipinski definition) is 25. The summed E-state index contributed by atoms with van der Waals surface area (Å²) in [5.41, 5.74) is 0. The predicted octanol–water partition coefficient (Wildman–Crippen LogP) is -1.04. The summed E-state index contributed by atoms with van der Waals surface area (Å²) >= 11 is 9.41. The Morgan fingerprint density at radius 3 is 0.692 bits per heavy atom. The largest absolute Gasteiger partial charge is 0.390 e. The van der Waals surface area contributed by atoms with Gasteiger partial charge in [0.1, 0.15) is 61.0 Å². The van der Waals surface area contributed by atoms with Crippen molar-refractivity contribution in [2.24, 2.45) is 0 Å². The predicted molar refractivity (Wildman–Crippen MR) is 297 cm³/mol. The molecule has 9 N–H and O–H groups in total. The van der Waals surface area contributed by atoms with Crippen LogP contribution in [0.1, 0.15) is 0 Å². The molecule has 0 aliphatic carbocycles. The van der Waals surface area contributed by atoms with Crippen molar-refractivity contribution in [3.05, 3.63) is 38.0 Å². The van der Waals surface area contributed by atoms with Gasteiger partial charge in [0.05, 0.1) is 190 Å². The van der Waals surface area contributed by atoms with Gasteiger partial charge in [-0.2, -0.15) is 0 Å². The molecule has 0 aliphatic rings. The molecule has 0 heterocycles. The lowest BCUT2D eigenvalue weighted by atomic mass is 10.3. The van der Waals surface area contributed by atoms with Gasteiger partial charge in [0.2, 0.25) is 0 Å². The van der Waals surface area contributed by atoms with E-state index in [0.29, 0.717) is 35.8 Å². The van der Waals surface area contributed by atoms with Gasteiger partial charge in [0.15, 0.2) is 0 Å². The van der Waals surface area contributed by atoms with Gasteiger partial charge in [0.25, 0.3) is 0 Å². The summed E-state index contributed by atoms with van der Waals surface area (Å²) < 4.78 is 87.3. The van der Waals surface area contributed by atoms with Crippen LogP contribution in [0.15, 0.2) is 38.0 Å².